The maximum absolute atomic E-state index is 6.32. The first-order chi connectivity index (χ1) is 10.8. The van der Waals surface area contributed by atoms with Crippen molar-refractivity contribution in [2.45, 2.75) is 38.4 Å². The predicted octanol–water partition coefficient (Wildman–Crippen LogP) is 3.94. The van der Waals surface area contributed by atoms with Crippen LogP contribution in [0.4, 0.5) is 0 Å². The van der Waals surface area contributed by atoms with Crippen molar-refractivity contribution >= 4 is 22.9 Å². The Morgan fingerprint density at radius 2 is 2.18 bits per heavy atom. The third kappa shape index (κ3) is 4.29. The molecule has 1 aliphatic heterocycles. The van der Waals surface area contributed by atoms with Crippen LogP contribution < -0.4 is 5.32 Å². The molecule has 0 spiro atoms. The van der Waals surface area contributed by atoms with Gasteiger partial charge in [0.05, 0.1) is 10.0 Å². The van der Waals surface area contributed by atoms with Crippen LogP contribution in [-0.2, 0) is 13.1 Å². The SMILES string of the molecule is Clc1sccc1CN(Cc1ccccn1)C1CCCNCC1. The molecule has 3 heterocycles. The quantitative estimate of drug-likeness (QED) is 0.897. The number of halogens is 1. The average Bonchev–Trinajstić information content (AvgIpc) is 2.79. The van der Waals surface area contributed by atoms with Crippen molar-refractivity contribution in [1.82, 2.24) is 15.2 Å². The molecule has 1 aliphatic rings. The summed E-state index contributed by atoms with van der Waals surface area (Å²) in [4.78, 5) is 7.05. The van der Waals surface area contributed by atoms with E-state index in [9.17, 15) is 0 Å². The number of nitrogens with zero attached hydrogens (tertiary/aromatic N) is 2. The van der Waals surface area contributed by atoms with E-state index in [-0.39, 0.29) is 0 Å². The zero-order valence-corrected chi connectivity index (χ0v) is 14.2. The van der Waals surface area contributed by atoms with Crippen molar-refractivity contribution < 1.29 is 0 Å². The van der Waals surface area contributed by atoms with Crippen molar-refractivity contribution in [1.29, 1.82) is 0 Å². The molecule has 1 saturated heterocycles. The van der Waals surface area contributed by atoms with Gasteiger partial charge in [-0.15, -0.1) is 11.3 Å². The van der Waals surface area contributed by atoms with Crippen molar-refractivity contribution in [2.24, 2.45) is 0 Å². The number of nitrogens with one attached hydrogen (secondary N) is 1. The average molecular weight is 336 g/mol. The van der Waals surface area contributed by atoms with E-state index in [0.717, 1.165) is 36.2 Å². The highest BCUT2D eigenvalue weighted by atomic mass is 35.5. The zero-order valence-electron chi connectivity index (χ0n) is 12.7. The maximum atomic E-state index is 6.32. The van der Waals surface area contributed by atoms with Gasteiger partial charge in [0, 0.05) is 25.3 Å². The number of aromatic nitrogens is 1. The predicted molar refractivity (Wildman–Crippen MR) is 93.3 cm³/mol. The van der Waals surface area contributed by atoms with Gasteiger partial charge in [0.2, 0.25) is 0 Å². The highest BCUT2D eigenvalue weighted by Gasteiger charge is 2.21. The van der Waals surface area contributed by atoms with Crippen LogP contribution in [0.25, 0.3) is 0 Å². The second-order valence-electron chi connectivity index (χ2n) is 5.78. The smallest absolute Gasteiger partial charge is 0.0973 e. The third-order valence-corrected chi connectivity index (χ3v) is 5.47. The van der Waals surface area contributed by atoms with Crippen LogP contribution in [0.1, 0.15) is 30.5 Å². The molecule has 0 amide bonds. The second-order valence-corrected chi connectivity index (χ2v) is 7.30. The zero-order chi connectivity index (χ0) is 15.2. The number of pyridine rings is 1. The Hall–Kier alpha value is -0.940. The largest absolute Gasteiger partial charge is 0.317 e. The van der Waals surface area contributed by atoms with Gasteiger partial charge in [-0.25, -0.2) is 0 Å². The number of thiophene rings is 1. The monoisotopic (exact) mass is 335 g/mol. The molecular formula is C17H22ClN3S. The number of hydrogen-bond donors (Lipinski definition) is 1. The summed E-state index contributed by atoms with van der Waals surface area (Å²) < 4.78 is 0.915. The first kappa shape index (κ1) is 15.9. The fraction of sp³-hybridized carbons (Fsp3) is 0.471. The Morgan fingerprint density at radius 1 is 1.23 bits per heavy atom. The summed E-state index contributed by atoms with van der Waals surface area (Å²) in [6.07, 6.45) is 5.54. The maximum Gasteiger partial charge on any atom is 0.0973 e. The van der Waals surface area contributed by atoms with Crippen LogP contribution in [-0.4, -0.2) is 29.0 Å². The van der Waals surface area contributed by atoms with Crippen molar-refractivity contribution in [3.8, 4) is 0 Å². The van der Waals surface area contributed by atoms with Crippen molar-refractivity contribution in [3.05, 3.63) is 51.4 Å². The van der Waals surface area contributed by atoms with Gasteiger partial charge < -0.3 is 5.32 Å². The summed E-state index contributed by atoms with van der Waals surface area (Å²) in [7, 11) is 0. The molecule has 1 atom stereocenters. The fourth-order valence-electron chi connectivity index (χ4n) is 3.03. The Labute approximate surface area is 141 Å². The molecule has 22 heavy (non-hydrogen) atoms. The molecule has 0 saturated carbocycles. The van der Waals surface area contributed by atoms with Gasteiger partial charge in [-0.1, -0.05) is 17.7 Å². The van der Waals surface area contributed by atoms with Gasteiger partial charge >= 0.3 is 0 Å². The molecule has 0 aliphatic carbocycles. The van der Waals surface area contributed by atoms with Crippen LogP contribution in [0, 0.1) is 0 Å². The van der Waals surface area contributed by atoms with Crippen LogP contribution in [0.3, 0.4) is 0 Å². The topological polar surface area (TPSA) is 28.2 Å². The molecule has 0 aromatic carbocycles. The lowest BCUT2D eigenvalue weighted by Gasteiger charge is -2.30. The van der Waals surface area contributed by atoms with Crippen LogP contribution >= 0.6 is 22.9 Å². The lowest BCUT2D eigenvalue weighted by Crippen LogP contribution is -2.35. The lowest BCUT2D eigenvalue weighted by atomic mass is 10.1. The molecule has 3 rings (SSSR count). The third-order valence-electron chi connectivity index (χ3n) is 4.22. The minimum Gasteiger partial charge on any atom is -0.317 e. The normalized spacial score (nSPS) is 19.3. The molecule has 3 nitrogen and oxygen atoms in total. The molecule has 1 unspecified atom stereocenters. The molecule has 2 aromatic rings. The van der Waals surface area contributed by atoms with E-state index in [1.807, 2.05) is 12.3 Å². The van der Waals surface area contributed by atoms with E-state index in [4.69, 9.17) is 11.6 Å². The molecule has 1 fully saturated rings. The van der Waals surface area contributed by atoms with Crippen LogP contribution in [0.15, 0.2) is 35.8 Å². The van der Waals surface area contributed by atoms with Gasteiger partial charge in [0.15, 0.2) is 0 Å². The van der Waals surface area contributed by atoms with Crippen LogP contribution in [0.5, 0.6) is 0 Å². The second kappa shape index (κ2) is 8.06. The standard InChI is InChI=1S/C17H22ClN3S/c18-17-14(7-11-22-17)12-21(13-15-4-1-2-9-20-15)16-5-3-8-19-10-6-16/h1-2,4,7,9,11,16,19H,3,5-6,8,10,12-13H2. The van der Waals surface area contributed by atoms with E-state index >= 15 is 0 Å². The fourth-order valence-corrected chi connectivity index (χ4v) is 3.94. The van der Waals surface area contributed by atoms with Gasteiger partial charge in [-0.3, -0.25) is 9.88 Å². The van der Waals surface area contributed by atoms with E-state index in [1.54, 1.807) is 11.3 Å². The summed E-state index contributed by atoms with van der Waals surface area (Å²) >= 11 is 7.94. The van der Waals surface area contributed by atoms with Gasteiger partial charge in [0.1, 0.15) is 0 Å². The van der Waals surface area contributed by atoms with E-state index in [0.29, 0.717) is 6.04 Å². The molecular weight excluding hydrogens is 314 g/mol. The minimum absolute atomic E-state index is 0.591. The van der Waals surface area contributed by atoms with Gasteiger partial charge in [-0.05, 0) is 61.5 Å². The summed E-state index contributed by atoms with van der Waals surface area (Å²) in [5.41, 5.74) is 2.37. The Kier molecular flexibility index (Phi) is 5.84. The molecule has 0 bridgehead atoms. The van der Waals surface area contributed by atoms with Crippen molar-refractivity contribution in [2.75, 3.05) is 13.1 Å². The molecule has 5 heteroatoms. The molecule has 1 N–H and O–H groups in total. The van der Waals surface area contributed by atoms with Crippen LogP contribution in [0.2, 0.25) is 4.34 Å². The Morgan fingerprint density at radius 3 is 2.95 bits per heavy atom. The van der Waals surface area contributed by atoms with Gasteiger partial charge in [-0.2, -0.15) is 0 Å². The first-order valence-corrected chi connectivity index (χ1v) is 9.15. The van der Waals surface area contributed by atoms with Crippen molar-refractivity contribution in [3.63, 3.8) is 0 Å². The lowest BCUT2D eigenvalue weighted by molar-refractivity contribution is 0.162. The minimum atomic E-state index is 0.591. The number of rotatable bonds is 5. The van der Waals surface area contributed by atoms with E-state index in [2.05, 4.69) is 38.8 Å². The number of hydrogen-bond acceptors (Lipinski definition) is 4. The first-order valence-electron chi connectivity index (χ1n) is 7.89. The summed E-state index contributed by atoms with van der Waals surface area (Å²) in [6.45, 7) is 4.02. The molecule has 118 valence electrons. The van der Waals surface area contributed by atoms with Gasteiger partial charge in [0.25, 0.3) is 0 Å². The highest BCUT2D eigenvalue weighted by Crippen LogP contribution is 2.27. The molecule has 0 radical (unpaired) electrons. The highest BCUT2D eigenvalue weighted by molar-refractivity contribution is 7.14. The Bertz CT molecular complexity index is 564. The summed E-state index contributed by atoms with van der Waals surface area (Å²) in [5, 5.41) is 5.57. The Balaban J connectivity index is 1.76. The van der Waals surface area contributed by atoms with E-state index < -0.39 is 0 Å². The molecule has 2 aromatic heterocycles. The summed E-state index contributed by atoms with van der Waals surface area (Å²) in [6, 6.07) is 8.88. The summed E-state index contributed by atoms with van der Waals surface area (Å²) in [5.74, 6) is 0. The van der Waals surface area contributed by atoms with E-state index in [1.165, 1.54) is 24.8 Å².